The molecule has 0 fully saturated rings. The highest BCUT2D eigenvalue weighted by Crippen LogP contribution is 2.35. The molecule has 1 N–H and O–H groups in total. The highest BCUT2D eigenvalue weighted by Gasteiger charge is 2.30. The standard InChI is InChI=1S/C23H18FN3O2/c24-17-7-9-18(10-8-17)27-13-19(15-4-2-1-3-5-15)23(26-27)16-6-11-21-20(12-16)25-22(28)14-29-21/h1-12,19H,13-14H2,(H,25,28). The van der Waals surface area contributed by atoms with Gasteiger partial charge >= 0.3 is 0 Å². The molecule has 29 heavy (non-hydrogen) atoms. The third-order valence-corrected chi connectivity index (χ3v) is 5.15. The first-order valence-corrected chi connectivity index (χ1v) is 9.41. The lowest BCUT2D eigenvalue weighted by Gasteiger charge is -2.19. The largest absolute Gasteiger partial charge is 0.482 e. The molecule has 0 aliphatic carbocycles. The normalized spacial score (nSPS) is 18.0. The summed E-state index contributed by atoms with van der Waals surface area (Å²) in [6.07, 6.45) is 0. The number of amides is 1. The molecular formula is C23H18FN3O2. The SMILES string of the molecule is O=C1COc2ccc(C3=NN(c4ccc(F)cc4)CC3c3ccccc3)cc2N1. The molecule has 5 rings (SSSR count). The maximum atomic E-state index is 13.3. The van der Waals surface area contributed by atoms with Gasteiger partial charge in [-0.3, -0.25) is 9.80 Å². The fourth-order valence-electron chi connectivity index (χ4n) is 3.73. The van der Waals surface area contributed by atoms with Crippen LogP contribution in [0.5, 0.6) is 5.75 Å². The van der Waals surface area contributed by atoms with Crippen LogP contribution in [0.1, 0.15) is 17.0 Å². The van der Waals surface area contributed by atoms with Gasteiger partial charge in [0.25, 0.3) is 5.91 Å². The smallest absolute Gasteiger partial charge is 0.262 e. The van der Waals surface area contributed by atoms with Crippen LogP contribution in [0.3, 0.4) is 0 Å². The number of carbonyl (C=O) groups excluding carboxylic acids is 1. The van der Waals surface area contributed by atoms with Crippen LogP contribution in [0.25, 0.3) is 0 Å². The van der Waals surface area contributed by atoms with Crippen molar-refractivity contribution < 1.29 is 13.9 Å². The van der Waals surface area contributed by atoms with E-state index in [1.54, 1.807) is 12.1 Å². The highest BCUT2D eigenvalue weighted by atomic mass is 19.1. The monoisotopic (exact) mass is 387 g/mol. The zero-order valence-electron chi connectivity index (χ0n) is 15.5. The number of ether oxygens (including phenoxy) is 1. The van der Waals surface area contributed by atoms with E-state index < -0.39 is 0 Å². The Morgan fingerprint density at radius 1 is 1.03 bits per heavy atom. The molecule has 0 saturated heterocycles. The number of anilines is 2. The Hall–Kier alpha value is -3.67. The van der Waals surface area contributed by atoms with Crippen molar-refractivity contribution in [3.63, 3.8) is 0 Å². The first-order valence-electron chi connectivity index (χ1n) is 9.41. The summed E-state index contributed by atoms with van der Waals surface area (Å²) in [5.41, 5.74) is 4.43. The van der Waals surface area contributed by atoms with E-state index in [4.69, 9.17) is 9.84 Å². The van der Waals surface area contributed by atoms with Crippen LogP contribution in [-0.4, -0.2) is 24.8 Å². The minimum atomic E-state index is -0.276. The first kappa shape index (κ1) is 17.4. The summed E-state index contributed by atoms with van der Waals surface area (Å²) in [5.74, 6) is 0.246. The Morgan fingerprint density at radius 2 is 1.83 bits per heavy atom. The van der Waals surface area contributed by atoms with Crippen LogP contribution >= 0.6 is 0 Å². The molecule has 0 spiro atoms. The fourth-order valence-corrected chi connectivity index (χ4v) is 3.73. The Kier molecular flexibility index (Phi) is 4.24. The van der Waals surface area contributed by atoms with Gasteiger partial charge < -0.3 is 10.1 Å². The van der Waals surface area contributed by atoms with Crippen LogP contribution in [-0.2, 0) is 4.79 Å². The van der Waals surface area contributed by atoms with E-state index in [0.29, 0.717) is 18.0 Å². The summed E-state index contributed by atoms with van der Waals surface area (Å²) >= 11 is 0. The van der Waals surface area contributed by atoms with Gasteiger partial charge in [0.2, 0.25) is 0 Å². The van der Waals surface area contributed by atoms with Gasteiger partial charge in [0.1, 0.15) is 11.6 Å². The summed E-state index contributed by atoms with van der Waals surface area (Å²) in [7, 11) is 0. The van der Waals surface area contributed by atoms with Crippen molar-refractivity contribution in [2.75, 3.05) is 23.5 Å². The summed E-state index contributed by atoms with van der Waals surface area (Å²) in [6.45, 7) is 0.670. The Balaban J connectivity index is 1.56. The lowest BCUT2D eigenvalue weighted by molar-refractivity contribution is -0.118. The number of nitrogens with zero attached hydrogens (tertiary/aromatic N) is 2. The molecule has 3 aromatic carbocycles. The molecule has 2 aliphatic heterocycles. The van der Waals surface area contributed by atoms with E-state index in [0.717, 1.165) is 22.5 Å². The molecule has 0 aromatic heterocycles. The summed E-state index contributed by atoms with van der Waals surface area (Å²) < 4.78 is 18.8. The van der Waals surface area contributed by atoms with Gasteiger partial charge in [0.15, 0.2) is 6.61 Å². The number of nitrogens with one attached hydrogen (secondary N) is 1. The summed E-state index contributed by atoms with van der Waals surface area (Å²) in [5, 5.41) is 9.60. The second-order valence-electron chi connectivity index (χ2n) is 7.05. The van der Waals surface area contributed by atoms with Gasteiger partial charge in [-0.15, -0.1) is 0 Å². The highest BCUT2D eigenvalue weighted by molar-refractivity contribution is 6.09. The third kappa shape index (κ3) is 3.33. The topological polar surface area (TPSA) is 53.9 Å². The zero-order chi connectivity index (χ0) is 19.8. The molecule has 1 unspecified atom stereocenters. The molecule has 6 heteroatoms. The molecule has 1 atom stereocenters. The van der Waals surface area contributed by atoms with Gasteiger partial charge in [-0.25, -0.2) is 4.39 Å². The summed E-state index contributed by atoms with van der Waals surface area (Å²) in [4.78, 5) is 11.7. The van der Waals surface area contributed by atoms with E-state index in [1.165, 1.54) is 12.1 Å². The molecule has 5 nitrogen and oxygen atoms in total. The van der Waals surface area contributed by atoms with Crippen molar-refractivity contribution in [1.82, 2.24) is 0 Å². The van der Waals surface area contributed by atoms with Crippen molar-refractivity contribution in [2.45, 2.75) is 5.92 Å². The molecule has 2 aliphatic rings. The van der Waals surface area contributed by atoms with E-state index in [9.17, 15) is 9.18 Å². The predicted octanol–water partition coefficient (Wildman–Crippen LogP) is 4.16. The van der Waals surface area contributed by atoms with Crippen molar-refractivity contribution >= 4 is 23.0 Å². The Labute approximate surface area is 167 Å². The van der Waals surface area contributed by atoms with Crippen LogP contribution in [0.4, 0.5) is 15.8 Å². The number of halogens is 1. The van der Waals surface area contributed by atoms with Crippen molar-refractivity contribution in [3.05, 3.63) is 89.7 Å². The quantitative estimate of drug-likeness (QED) is 0.734. The number of hydrazone groups is 1. The lowest BCUT2D eigenvalue weighted by Crippen LogP contribution is -2.25. The van der Waals surface area contributed by atoms with E-state index in [1.807, 2.05) is 41.4 Å². The Bertz CT molecular complexity index is 1100. The minimum Gasteiger partial charge on any atom is -0.482 e. The maximum absolute atomic E-state index is 13.3. The number of rotatable bonds is 3. The number of fused-ring (bicyclic) bond motifs is 1. The Morgan fingerprint density at radius 3 is 2.62 bits per heavy atom. The van der Waals surface area contributed by atoms with Gasteiger partial charge in [-0.1, -0.05) is 30.3 Å². The molecule has 0 bridgehead atoms. The van der Waals surface area contributed by atoms with E-state index in [-0.39, 0.29) is 24.2 Å². The minimum absolute atomic E-state index is 0.0261. The van der Waals surface area contributed by atoms with Gasteiger partial charge in [0.05, 0.1) is 23.6 Å². The number of hydrogen-bond donors (Lipinski definition) is 1. The first-order chi connectivity index (χ1) is 14.2. The van der Waals surface area contributed by atoms with Crippen LogP contribution in [0, 0.1) is 5.82 Å². The maximum Gasteiger partial charge on any atom is 0.262 e. The molecular weight excluding hydrogens is 369 g/mol. The van der Waals surface area contributed by atoms with Gasteiger partial charge in [0, 0.05) is 11.5 Å². The van der Waals surface area contributed by atoms with Gasteiger partial charge in [-0.2, -0.15) is 5.10 Å². The average Bonchev–Trinajstić information content (AvgIpc) is 3.20. The van der Waals surface area contributed by atoms with Crippen LogP contribution in [0.2, 0.25) is 0 Å². The second-order valence-corrected chi connectivity index (χ2v) is 7.05. The molecule has 3 aromatic rings. The van der Waals surface area contributed by atoms with Crippen LogP contribution in [0.15, 0.2) is 77.9 Å². The number of hydrogen-bond acceptors (Lipinski definition) is 4. The van der Waals surface area contributed by atoms with Crippen molar-refractivity contribution in [1.29, 1.82) is 0 Å². The molecule has 144 valence electrons. The third-order valence-electron chi connectivity index (χ3n) is 5.15. The second kappa shape index (κ2) is 7.05. The van der Waals surface area contributed by atoms with Gasteiger partial charge in [-0.05, 0) is 48.0 Å². The van der Waals surface area contributed by atoms with E-state index in [2.05, 4.69) is 17.4 Å². The average molecular weight is 387 g/mol. The molecule has 1 amide bonds. The number of benzene rings is 3. The van der Waals surface area contributed by atoms with E-state index >= 15 is 0 Å². The molecule has 0 radical (unpaired) electrons. The van der Waals surface area contributed by atoms with Crippen molar-refractivity contribution in [3.8, 4) is 5.75 Å². The van der Waals surface area contributed by atoms with Crippen molar-refractivity contribution in [2.24, 2.45) is 5.10 Å². The lowest BCUT2D eigenvalue weighted by atomic mass is 9.90. The molecule has 0 saturated carbocycles. The fraction of sp³-hybridized carbons (Fsp3) is 0.130. The zero-order valence-corrected chi connectivity index (χ0v) is 15.5. The summed E-state index contributed by atoms with van der Waals surface area (Å²) in [6, 6.07) is 22.2. The molecule has 2 heterocycles. The van der Waals surface area contributed by atoms with Crippen LogP contribution < -0.4 is 15.1 Å². The predicted molar refractivity (Wildman–Crippen MR) is 110 cm³/mol. The number of carbonyl (C=O) groups is 1.